The number of nitrogens with zero attached hydrogens (tertiary/aromatic N) is 3. The summed E-state index contributed by atoms with van der Waals surface area (Å²) in [5.74, 6) is 0.660. The van der Waals surface area contributed by atoms with Gasteiger partial charge in [-0.05, 0) is 32.0 Å². The van der Waals surface area contributed by atoms with Crippen molar-refractivity contribution in [3.8, 4) is 0 Å². The number of hydrogen-bond donors (Lipinski definition) is 2. The average molecular weight is 221 g/mol. The lowest BCUT2D eigenvalue weighted by Crippen LogP contribution is -2.39. The molecule has 5 heteroatoms. The second-order valence-corrected chi connectivity index (χ2v) is 4.34. The molecule has 2 heterocycles. The van der Waals surface area contributed by atoms with Crippen molar-refractivity contribution >= 4 is 5.84 Å². The first kappa shape index (κ1) is 11.1. The molecule has 0 unspecified atom stereocenters. The first-order valence-corrected chi connectivity index (χ1v) is 5.79. The molecule has 0 aliphatic carbocycles. The molecule has 16 heavy (non-hydrogen) atoms. The van der Waals surface area contributed by atoms with Crippen molar-refractivity contribution in [1.82, 2.24) is 14.7 Å². The summed E-state index contributed by atoms with van der Waals surface area (Å²) in [5, 5.41) is 11.6. The van der Waals surface area contributed by atoms with E-state index >= 15 is 0 Å². The van der Waals surface area contributed by atoms with Crippen molar-refractivity contribution in [2.75, 3.05) is 19.6 Å². The van der Waals surface area contributed by atoms with E-state index in [0.717, 1.165) is 39.0 Å². The highest BCUT2D eigenvalue weighted by molar-refractivity contribution is 5.79. The van der Waals surface area contributed by atoms with Crippen LogP contribution in [0.15, 0.2) is 18.5 Å². The zero-order valence-corrected chi connectivity index (χ0v) is 9.47. The molecule has 3 N–H and O–H groups in total. The maximum atomic E-state index is 7.42. The Morgan fingerprint density at radius 3 is 2.69 bits per heavy atom. The van der Waals surface area contributed by atoms with E-state index in [1.807, 2.05) is 23.1 Å². The predicted octanol–water partition coefficient (Wildman–Crippen LogP) is 0.531. The summed E-state index contributed by atoms with van der Waals surface area (Å²) >= 11 is 0. The number of nitrogens with two attached hydrogens (primary N) is 1. The van der Waals surface area contributed by atoms with E-state index in [0.29, 0.717) is 11.8 Å². The van der Waals surface area contributed by atoms with Gasteiger partial charge in [0.25, 0.3) is 0 Å². The lowest BCUT2D eigenvalue weighted by molar-refractivity contribution is 0.199. The molecule has 0 aromatic carbocycles. The maximum Gasteiger partial charge on any atom is 0.0937 e. The van der Waals surface area contributed by atoms with Crippen molar-refractivity contribution in [3.63, 3.8) is 0 Å². The van der Waals surface area contributed by atoms with Gasteiger partial charge in [0.15, 0.2) is 0 Å². The number of rotatable bonds is 4. The molecule has 0 radical (unpaired) electrons. The van der Waals surface area contributed by atoms with Gasteiger partial charge in [-0.1, -0.05) is 0 Å². The fourth-order valence-corrected chi connectivity index (χ4v) is 2.14. The monoisotopic (exact) mass is 221 g/mol. The smallest absolute Gasteiger partial charge is 0.0937 e. The van der Waals surface area contributed by atoms with Crippen LogP contribution in [0.3, 0.4) is 0 Å². The van der Waals surface area contributed by atoms with Crippen LogP contribution in [0.2, 0.25) is 0 Å². The minimum atomic E-state index is 0.306. The summed E-state index contributed by atoms with van der Waals surface area (Å²) in [4.78, 5) is 2.42. The molecule has 0 bridgehead atoms. The largest absolute Gasteiger partial charge is 0.387 e. The Bertz CT molecular complexity index is 324. The van der Waals surface area contributed by atoms with Gasteiger partial charge in [0, 0.05) is 24.9 Å². The van der Waals surface area contributed by atoms with E-state index in [1.54, 1.807) is 0 Å². The fourth-order valence-electron chi connectivity index (χ4n) is 2.14. The van der Waals surface area contributed by atoms with Crippen LogP contribution < -0.4 is 5.73 Å². The van der Waals surface area contributed by atoms with Crippen LogP contribution >= 0.6 is 0 Å². The summed E-state index contributed by atoms with van der Waals surface area (Å²) < 4.78 is 1.96. The second kappa shape index (κ2) is 5.12. The molecule has 1 aliphatic rings. The first-order valence-electron chi connectivity index (χ1n) is 5.79. The van der Waals surface area contributed by atoms with Gasteiger partial charge in [-0.2, -0.15) is 5.10 Å². The van der Waals surface area contributed by atoms with Gasteiger partial charge < -0.3 is 10.6 Å². The molecule has 88 valence electrons. The topological polar surface area (TPSA) is 70.9 Å². The summed E-state index contributed by atoms with van der Waals surface area (Å²) in [5.41, 5.74) is 5.51. The minimum Gasteiger partial charge on any atom is -0.387 e. The van der Waals surface area contributed by atoms with Crippen molar-refractivity contribution in [1.29, 1.82) is 5.41 Å². The first-order chi connectivity index (χ1) is 7.75. The van der Waals surface area contributed by atoms with E-state index in [-0.39, 0.29) is 0 Å². The van der Waals surface area contributed by atoms with Crippen molar-refractivity contribution in [2.45, 2.75) is 19.4 Å². The Balaban J connectivity index is 1.71. The molecule has 1 saturated heterocycles. The van der Waals surface area contributed by atoms with Crippen LogP contribution in [-0.2, 0) is 6.54 Å². The zero-order chi connectivity index (χ0) is 11.4. The van der Waals surface area contributed by atoms with Crippen LogP contribution in [0.1, 0.15) is 12.8 Å². The molecule has 0 amide bonds. The van der Waals surface area contributed by atoms with E-state index in [1.165, 1.54) is 0 Å². The molecule has 1 aromatic rings. The Kier molecular flexibility index (Phi) is 3.56. The number of likely N-dealkylation sites (tertiary alicyclic amines) is 1. The average Bonchev–Trinajstić information content (AvgIpc) is 2.80. The number of hydrogen-bond acceptors (Lipinski definition) is 3. The van der Waals surface area contributed by atoms with Crippen molar-refractivity contribution in [2.24, 2.45) is 11.7 Å². The third-order valence-electron chi connectivity index (χ3n) is 3.23. The Hall–Kier alpha value is -1.36. The molecular weight excluding hydrogens is 202 g/mol. The summed E-state index contributed by atoms with van der Waals surface area (Å²) in [6.45, 7) is 4.07. The van der Waals surface area contributed by atoms with Gasteiger partial charge in [0.2, 0.25) is 0 Å². The molecule has 1 aromatic heterocycles. The fraction of sp³-hybridized carbons (Fsp3) is 0.636. The number of nitrogens with one attached hydrogen (secondary N) is 1. The van der Waals surface area contributed by atoms with Crippen LogP contribution in [0, 0.1) is 11.3 Å². The quantitative estimate of drug-likeness (QED) is 0.575. The zero-order valence-electron chi connectivity index (χ0n) is 9.47. The van der Waals surface area contributed by atoms with Gasteiger partial charge in [-0.15, -0.1) is 0 Å². The Labute approximate surface area is 95.7 Å². The molecule has 1 aliphatic heterocycles. The highest BCUT2D eigenvalue weighted by Gasteiger charge is 2.20. The van der Waals surface area contributed by atoms with Crippen LogP contribution in [-0.4, -0.2) is 40.2 Å². The maximum absolute atomic E-state index is 7.42. The van der Waals surface area contributed by atoms with Gasteiger partial charge in [-0.3, -0.25) is 10.1 Å². The third kappa shape index (κ3) is 2.82. The minimum absolute atomic E-state index is 0.306. The van der Waals surface area contributed by atoms with E-state index in [9.17, 15) is 0 Å². The summed E-state index contributed by atoms with van der Waals surface area (Å²) in [6, 6.07) is 1.95. The van der Waals surface area contributed by atoms with E-state index in [4.69, 9.17) is 11.1 Å². The summed E-state index contributed by atoms with van der Waals surface area (Å²) in [7, 11) is 0. The SMILES string of the molecule is N=C(N)C1CCN(CCn2cccn2)CC1. The summed E-state index contributed by atoms with van der Waals surface area (Å²) in [6.07, 6.45) is 5.84. The third-order valence-corrected chi connectivity index (χ3v) is 3.23. The lowest BCUT2D eigenvalue weighted by Gasteiger charge is -2.31. The standard InChI is InChI=1S/C11H19N5/c12-11(13)10-2-6-15(7-3-10)8-9-16-5-1-4-14-16/h1,4-5,10H,2-3,6-9H2,(H3,12,13). The van der Waals surface area contributed by atoms with Gasteiger partial charge in [-0.25, -0.2) is 0 Å². The highest BCUT2D eigenvalue weighted by Crippen LogP contribution is 2.16. The van der Waals surface area contributed by atoms with Crippen LogP contribution in [0.4, 0.5) is 0 Å². The number of aromatic nitrogens is 2. The molecule has 5 nitrogen and oxygen atoms in total. The van der Waals surface area contributed by atoms with Crippen molar-refractivity contribution in [3.05, 3.63) is 18.5 Å². The lowest BCUT2D eigenvalue weighted by atomic mass is 9.96. The van der Waals surface area contributed by atoms with E-state index < -0.39 is 0 Å². The molecular formula is C11H19N5. The van der Waals surface area contributed by atoms with Gasteiger partial charge >= 0.3 is 0 Å². The normalized spacial score (nSPS) is 18.8. The Morgan fingerprint density at radius 1 is 1.38 bits per heavy atom. The van der Waals surface area contributed by atoms with Gasteiger partial charge in [0.1, 0.15) is 0 Å². The Morgan fingerprint density at radius 2 is 2.12 bits per heavy atom. The second-order valence-electron chi connectivity index (χ2n) is 4.34. The molecule has 0 spiro atoms. The van der Waals surface area contributed by atoms with Crippen molar-refractivity contribution < 1.29 is 0 Å². The number of piperidine rings is 1. The molecule has 0 saturated carbocycles. The van der Waals surface area contributed by atoms with Gasteiger partial charge in [0.05, 0.1) is 12.4 Å². The van der Waals surface area contributed by atoms with Crippen LogP contribution in [0.25, 0.3) is 0 Å². The predicted molar refractivity (Wildman–Crippen MR) is 63.3 cm³/mol. The number of amidine groups is 1. The molecule has 1 fully saturated rings. The molecule has 0 atom stereocenters. The van der Waals surface area contributed by atoms with Crippen LogP contribution in [0.5, 0.6) is 0 Å². The highest BCUT2D eigenvalue weighted by atomic mass is 15.3. The molecule has 2 rings (SSSR count). The van der Waals surface area contributed by atoms with E-state index in [2.05, 4.69) is 10.00 Å².